The van der Waals surface area contributed by atoms with Gasteiger partial charge in [0.2, 0.25) is 0 Å². The van der Waals surface area contributed by atoms with Crippen LogP contribution < -0.4 is 4.90 Å². The van der Waals surface area contributed by atoms with Crippen LogP contribution in [0.5, 0.6) is 0 Å². The van der Waals surface area contributed by atoms with E-state index in [1.165, 1.54) is 12.8 Å². The van der Waals surface area contributed by atoms with Gasteiger partial charge in [-0.15, -0.1) is 0 Å². The standard InChI is InChI=1S/C12H14BrNO2/c1-14(7-8-2-3-8)11-5-4-9(12(15)16)6-10(11)13/h4-6,8H,2-3,7H2,1H3,(H,15,16). The van der Waals surface area contributed by atoms with Crippen LogP contribution in [0.15, 0.2) is 22.7 Å². The number of nitrogens with zero attached hydrogens (tertiary/aromatic N) is 1. The Morgan fingerprint density at radius 1 is 1.56 bits per heavy atom. The molecule has 1 N–H and O–H groups in total. The molecule has 0 aromatic heterocycles. The molecule has 0 radical (unpaired) electrons. The molecule has 86 valence electrons. The first-order chi connectivity index (χ1) is 7.58. The molecular formula is C12H14BrNO2. The minimum Gasteiger partial charge on any atom is -0.478 e. The number of carboxylic acid groups (broad SMARTS) is 1. The zero-order valence-corrected chi connectivity index (χ0v) is 10.7. The van der Waals surface area contributed by atoms with Gasteiger partial charge < -0.3 is 10.0 Å². The fraction of sp³-hybridized carbons (Fsp3) is 0.417. The number of hydrogen-bond acceptors (Lipinski definition) is 2. The van der Waals surface area contributed by atoms with Gasteiger partial charge in [-0.2, -0.15) is 0 Å². The average Bonchev–Trinajstić information content (AvgIpc) is 3.01. The minimum atomic E-state index is -0.892. The molecule has 3 nitrogen and oxygen atoms in total. The van der Waals surface area contributed by atoms with Gasteiger partial charge in [0, 0.05) is 18.1 Å². The first-order valence-corrected chi connectivity index (χ1v) is 6.11. The van der Waals surface area contributed by atoms with Crippen LogP contribution in [0.25, 0.3) is 0 Å². The summed E-state index contributed by atoms with van der Waals surface area (Å²) in [5.41, 5.74) is 1.37. The molecular weight excluding hydrogens is 270 g/mol. The molecule has 4 heteroatoms. The van der Waals surface area contributed by atoms with Gasteiger partial charge >= 0.3 is 5.97 Å². The molecule has 0 amide bonds. The minimum absolute atomic E-state index is 0.315. The predicted molar refractivity (Wildman–Crippen MR) is 67.1 cm³/mol. The van der Waals surface area contributed by atoms with E-state index in [1.54, 1.807) is 12.1 Å². The SMILES string of the molecule is CN(CC1CC1)c1ccc(C(=O)O)cc1Br. The molecule has 1 aliphatic rings. The van der Waals surface area contributed by atoms with Crippen molar-refractivity contribution in [2.45, 2.75) is 12.8 Å². The molecule has 0 saturated heterocycles. The van der Waals surface area contributed by atoms with Gasteiger partial charge in [0.15, 0.2) is 0 Å². The maximum atomic E-state index is 10.8. The average molecular weight is 284 g/mol. The van der Waals surface area contributed by atoms with Crippen molar-refractivity contribution in [1.82, 2.24) is 0 Å². The molecule has 0 spiro atoms. The highest BCUT2D eigenvalue weighted by Crippen LogP contribution is 2.33. The lowest BCUT2D eigenvalue weighted by molar-refractivity contribution is 0.0697. The zero-order chi connectivity index (χ0) is 11.7. The number of hydrogen-bond donors (Lipinski definition) is 1. The Kier molecular flexibility index (Phi) is 3.19. The second-order valence-corrected chi connectivity index (χ2v) is 5.15. The van der Waals surface area contributed by atoms with Crippen molar-refractivity contribution in [2.75, 3.05) is 18.5 Å². The highest BCUT2D eigenvalue weighted by atomic mass is 79.9. The molecule has 16 heavy (non-hydrogen) atoms. The van der Waals surface area contributed by atoms with Crippen molar-refractivity contribution in [1.29, 1.82) is 0 Å². The van der Waals surface area contributed by atoms with E-state index < -0.39 is 5.97 Å². The van der Waals surface area contributed by atoms with Crippen LogP contribution in [0.1, 0.15) is 23.2 Å². The summed E-state index contributed by atoms with van der Waals surface area (Å²) in [6.45, 7) is 1.05. The van der Waals surface area contributed by atoms with E-state index in [0.717, 1.165) is 22.6 Å². The van der Waals surface area contributed by atoms with Crippen molar-refractivity contribution < 1.29 is 9.90 Å². The highest BCUT2D eigenvalue weighted by molar-refractivity contribution is 9.10. The van der Waals surface area contributed by atoms with Gasteiger partial charge in [-0.1, -0.05) is 0 Å². The van der Waals surface area contributed by atoms with Gasteiger partial charge in [-0.3, -0.25) is 0 Å². The number of halogens is 1. The number of carbonyl (C=O) groups is 1. The lowest BCUT2D eigenvalue weighted by Crippen LogP contribution is -2.20. The van der Waals surface area contributed by atoms with Gasteiger partial charge in [-0.25, -0.2) is 4.79 Å². The molecule has 0 unspecified atom stereocenters. The summed E-state index contributed by atoms with van der Waals surface area (Å²) in [4.78, 5) is 13.0. The Labute approximate surface area is 103 Å². The van der Waals surface area contributed by atoms with Crippen molar-refractivity contribution in [3.05, 3.63) is 28.2 Å². The largest absolute Gasteiger partial charge is 0.478 e. The number of benzene rings is 1. The number of aromatic carboxylic acids is 1. The van der Waals surface area contributed by atoms with Crippen molar-refractivity contribution in [2.24, 2.45) is 5.92 Å². The molecule has 0 heterocycles. The van der Waals surface area contributed by atoms with E-state index in [9.17, 15) is 4.79 Å². The van der Waals surface area contributed by atoms with Gasteiger partial charge in [0.1, 0.15) is 0 Å². The number of rotatable bonds is 4. The third-order valence-corrected chi connectivity index (χ3v) is 3.47. The summed E-state index contributed by atoms with van der Waals surface area (Å²) in [6, 6.07) is 5.16. The van der Waals surface area contributed by atoms with E-state index in [2.05, 4.69) is 20.8 Å². The van der Waals surface area contributed by atoms with Crippen LogP contribution in [-0.4, -0.2) is 24.7 Å². The molecule has 0 aliphatic heterocycles. The van der Waals surface area contributed by atoms with E-state index in [4.69, 9.17) is 5.11 Å². The molecule has 1 aliphatic carbocycles. The summed E-state index contributed by atoms with van der Waals surface area (Å²) >= 11 is 3.42. The predicted octanol–water partition coefficient (Wildman–Crippen LogP) is 2.99. The van der Waals surface area contributed by atoms with Crippen molar-refractivity contribution in [3.8, 4) is 0 Å². The second kappa shape index (κ2) is 4.45. The maximum absolute atomic E-state index is 10.8. The van der Waals surface area contributed by atoms with Crippen LogP contribution in [0, 0.1) is 5.92 Å². The molecule has 1 aromatic carbocycles. The van der Waals surface area contributed by atoms with Gasteiger partial charge in [0.05, 0.1) is 11.3 Å². The van der Waals surface area contributed by atoms with Gasteiger partial charge in [0.25, 0.3) is 0 Å². The van der Waals surface area contributed by atoms with Crippen LogP contribution in [0.3, 0.4) is 0 Å². The molecule has 2 rings (SSSR count). The van der Waals surface area contributed by atoms with Crippen LogP contribution in [0.2, 0.25) is 0 Å². The normalized spacial score (nSPS) is 14.9. The Morgan fingerprint density at radius 3 is 2.75 bits per heavy atom. The van der Waals surface area contributed by atoms with Gasteiger partial charge in [-0.05, 0) is 52.9 Å². The summed E-state index contributed by atoms with van der Waals surface area (Å²) in [7, 11) is 2.04. The first kappa shape index (κ1) is 11.5. The molecule has 0 atom stereocenters. The van der Waals surface area contributed by atoms with Crippen molar-refractivity contribution in [3.63, 3.8) is 0 Å². The van der Waals surface area contributed by atoms with E-state index >= 15 is 0 Å². The smallest absolute Gasteiger partial charge is 0.335 e. The third-order valence-electron chi connectivity index (χ3n) is 2.83. The maximum Gasteiger partial charge on any atom is 0.335 e. The first-order valence-electron chi connectivity index (χ1n) is 5.32. The number of anilines is 1. The van der Waals surface area contributed by atoms with E-state index in [-0.39, 0.29) is 0 Å². The summed E-state index contributed by atoms with van der Waals surface area (Å²) < 4.78 is 0.843. The molecule has 1 fully saturated rings. The summed E-state index contributed by atoms with van der Waals surface area (Å²) in [6.07, 6.45) is 2.63. The molecule has 1 saturated carbocycles. The summed E-state index contributed by atoms with van der Waals surface area (Å²) in [5.74, 6) is -0.0758. The molecule has 1 aromatic rings. The van der Waals surface area contributed by atoms with Crippen LogP contribution in [-0.2, 0) is 0 Å². The quantitative estimate of drug-likeness (QED) is 0.924. The third kappa shape index (κ3) is 2.55. The summed E-state index contributed by atoms with van der Waals surface area (Å²) in [5, 5.41) is 8.86. The Bertz CT molecular complexity index is 415. The fourth-order valence-electron chi connectivity index (χ4n) is 1.74. The Morgan fingerprint density at radius 2 is 2.25 bits per heavy atom. The monoisotopic (exact) mass is 283 g/mol. The Balaban J connectivity index is 2.17. The lowest BCUT2D eigenvalue weighted by atomic mass is 10.2. The lowest BCUT2D eigenvalue weighted by Gasteiger charge is -2.20. The molecule has 0 bridgehead atoms. The highest BCUT2D eigenvalue weighted by Gasteiger charge is 2.23. The Hall–Kier alpha value is -1.03. The zero-order valence-electron chi connectivity index (χ0n) is 9.11. The van der Waals surface area contributed by atoms with E-state index in [0.29, 0.717) is 5.56 Å². The van der Waals surface area contributed by atoms with Crippen molar-refractivity contribution >= 4 is 27.6 Å². The second-order valence-electron chi connectivity index (χ2n) is 4.30. The fourth-order valence-corrected chi connectivity index (χ4v) is 2.42. The topological polar surface area (TPSA) is 40.5 Å². The van der Waals surface area contributed by atoms with Crippen LogP contribution in [0.4, 0.5) is 5.69 Å². The number of carboxylic acids is 1. The van der Waals surface area contributed by atoms with E-state index in [1.807, 2.05) is 13.1 Å². The van der Waals surface area contributed by atoms with Crippen LogP contribution >= 0.6 is 15.9 Å².